The Morgan fingerprint density at radius 1 is 1.37 bits per heavy atom. The van der Waals surface area contributed by atoms with Crippen LogP contribution in [0.25, 0.3) is 0 Å². The molecule has 0 aliphatic carbocycles. The van der Waals surface area contributed by atoms with Gasteiger partial charge in [0.05, 0.1) is 19.1 Å². The third-order valence-electron chi connectivity index (χ3n) is 3.70. The van der Waals surface area contributed by atoms with Gasteiger partial charge in [0.2, 0.25) is 0 Å². The molecular weight excluding hydrogens is 242 g/mol. The third-order valence-corrected chi connectivity index (χ3v) is 3.70. The van der Waals surface area contributed by atoms with Crippen LogP contribution in [0.3, 0.4) is 0 Å². The standard InChI is InChI=1S/C15H27NO3/c1-3-5-6-7-8-10-16(9-4-2)14-12-19-11-13(14)15(17)18/h3,13-14H,1,4-12H2,2H3,(H,17,18). The summed E-state index contributed by atoms with van der Waals surface area (Å²) >= 11 is 0. The van der Waals surface area contributed by atoms with Crippen LogP contribution in [0, 0.1) is 5.92 Å². The maximum absolute atomic E-state index is 11.2. The van der Waals surface area contributed by atoms with Gasteiger partial charge in [0, 0.05) is 6.04 Å². The second kappa shape index (κ2) is 9.10. The second-order valence-electron chi connectivity index (χ2n) is 5.22. The quantitative estimate of drug-likeness (QED) is 0.489. The minimum absolute atomic E-state index is 0.0526. The number of allylic oxidation sites excluding steroid dienone is 1. The van der Waals surface area contributed by atoms with Crippen LogP contribution in [-0.4, -0.2) is 48.3 Å². The molecule has 1 aliphatic heterocycles. The zero-order chi connectivity index (χ0) is 14.1. The fraction of sp³-hybridized carbons (Fsp3) is 0.800. The molecule has 0 bridgehead atoms. The van der Waals surface area contributed by atoms with Crippen molar-refractivity contribution in [3.8, 4) is 0 Å². The molecule has 1 fully saturated rings. The topological polar surface area (TPSA) is 49.8 Å². The lowest BCUT2D eigenvalue weighted by molar-refractivity contribution is -0.143. The lowest BCUT2D eigenvalue weighted by Crippen LogP contribution is -2.44. The van der Waals surface area contributed by atoms with Crippen LogP contribution in [0.2, 0.25) is 0 Å². The van der Waals surface area contributed by atoms with E-state index in [1.807, 2.05) is 6.08 Å². The summed E-state index contributed by atoms with van der Waals surface area (Å²) in [6, 6.07) is 0.0526. The molecule has 0 amide bonds. The fourth-order valence-electron chi connectivity index (χ4n) is 2.65. The smallest absolute Gasteiger partial charge is 0.310 e. The summed E-state index contributed by atoms with van der Waals surface area (Å²) in [7, 11) is 0. The number of ether oxygens (including phenoxy) is 1. The van der Waals surface area contributed by atoms with Gasteiger partial charge in [-0.15, -0.1) is 6.58 Å². The predicted molar refractivity (Wildman–Crippen MR) is 76.3 cm³/mol. The Morgan fingerprint density at radius 3 is 2.79 bits per heavy atom. The third kappa shape index (κ3) is 5.33. The molecule has 0 aromatic rings. The zero-order valence-corrected chi connectivity index (χ0v) is 12.0. The molecule has 0 saturated carbocycles. The minimum atomic E-state index is -0.727. The number of hydrogen-bond donors (Lipinski definition) is 1. The van der Waals surface area contributed by atoms with E-state index < -0.39 is 5.97 Å². The molecule has 1 saturated heterocycles. The van der Waals surface area contributed by atoms with Crippen molar-refractivity contribution in [2.24, 2.45) is 5.92 Å². The first-order chi connectivity index (χ1) is 9.20. The molecule has 110 valence electrons. The largest absolute Gasteiger partial charge is 0.481 e. The highest BCUT2D eigenvalue weighted by atomic mass is 16.5. The number of aliphatic carboxylic acids is 1. The van der Waals surface area contributed by atoms with Gasteiger partial charge in [0.1, 0.15) is 0 Å². The molecule has 4 heteroatoms. The van der Waals surface area contributed by atoms with Gasteiger partial charge in [-0.1, -0.05) is 19.4 Å². The molecule has 0 spiro atoms. The van der Waals surface area contributed by atoms with E-state index in [0.29, 0.717) is 13.2 Å². The van der Waals surface area contributed by atoms with Gasteiger partial charge in [-0.3, -0.25) is 9.69 Å². The van der Waals surface area contributed by atoms with Gasteiger partial charge in [-0.2, -0.15) is 0 Å². The summed E-state index contributed by atoms with van der Waals surface area (Å²) in [4.78, 5) is 13.5. The van der Waals surface area contributed by atoms with Crippen molar-refractivity contribution in [3.63, 3.8) is 0 Å². The average Bonchev–Trinajstić information content (AvgIpc) is 2.86. The summed E-state index contributed by atoms with van der Waals surface area (Å²) < 4.78 is 5.37. The van der Waals surface area contributed by atoms with E-state index in [2.05, 4.69) is 18.4 Å². The highest BCUT2D eigenvalue weighted by Gasteiger charge is 2.37. The van der Waals surface area contributed by atoms with Crippen molar-refractivity contribution < 1.29 is 14.6 Å². The molecule has 4 nitrogen and oxygen atoms in total. The van der Waals surface area contributed by atoms with E-state index in [1.54, 1.807) is 0 Å². The zero-order valence-electron chi connectivity index (χ0n) is 12.0. The van der Waals surface area contributed by atoms with Gasteiger partial charge in [-0.05, 0) is 38.8 Å². The summed E-state index contributed by atoms with van der Waals surface area (Å²) in [5.41, 5.74) is 0. The van der Waals surface area contributed by atoms with Gasteiger partial charge >= 0.3 is 5.97 Å². The fourth-order valence-corrected chi connectivity index (χ4v) is 2.65. The van der Waals surface area contributed by atoms with Crippen molar-refractivity contribution in [1.29, 1.82) is 0 Å². The lowest BCUT2D eigenvalue weighted by Gasteiger charge is -2.30. The van der Waals surface area contributed by atoms with Gasteiger partial charge in [0.15, 0.2) is 0 Å². The van der Waals surface area contributed by atoms with Crippen molar-refractivity contribution in [2.75, 3.05) is 26.3 Å². The van der Waals surface area contributed by atoms with E-state index in [-0.39, 0.29) is 12.0 Å². The summed E-state index contributed by atoms with van der Waals surface area (Å²) in [6.07, 6.45) is 7.55. The van der Waals surface area contributed by atoms with E-state index in [9.17, 15) is 9.90 Å². The number of carboxylic acids is 1. The number of hydrogen-bond acceptors (Lipinski definition) is 3. The van der Waals surface area contributed by atoms with E-state index in [4.69, 9.17) is 4.74 Å². The van der Waals surface area contributed by atoms with Crippen LogP contribution in [0.15, 0.2) is 12.7 Å². The molecule has 2 atom stereocenters. The summed E-state index contributed by atoms with van der Waals surface area (Å²) in [5, 5.41) is 9.22. The molecule has 0 aromatic heterocycles. The van der Waals surface area contributed by atoms with Crippen LogP contribution in [-0.2, 0) is 9.53 Å². The van der Waals surface area contributed by atoms with Gasteiger partial charge < -0.3 is 9.84 Å². The van der Waals surface area contributed by atoms with Gasteiger partial charge in [-0.25, -0.2) is 0 Å². The molecule has 0 aromatic carbocycles. The second-order valence-corrected chi connectivity index (χ2v) is 5.22. The van der Waals surface area contributed by atoms with Crippen LogP contribution in [0.5, 0.6) is 0 Å². The first-order valence-corrected chi connectivity index (χ1v) is 7.36. The van der Waals surface area contributed by atoms with E-state index >= 15 is 0 Å². The molecule has 2 unspecified atom stereocenters. The molecule has 19 heavy (non-hydrogen) atoms. The predicted octanol–water partition coefficient (Wildman–Crippen LogP) is 2.54. The maximum Gasteiger partial charge on any atom is 0.310 e. The Kier molecular flexibility index (Phi) is 7.75. The van der Waals surface area contributed by atoms with Crippen molar-refractivity contribution >= 4 is 5.97 Å². The average molecular weight is 269 g/mol. The maximum atomic E-state index is 11.2. The van der Waals surface area contributed by atoms with Crippen LogP contribution >= 0.6 is 0 Å². The SMILES string of the molecule is C=CCCCCCN(CCC)C1COCC1C(=O)O. The molecule has 1 N–H and O–H groups in total. The molecular formula is C15H27NO3. The molecule has 1 aliphatic rings. The number of carbonyl (C=O) groups is 1. The van der Waals surface area contributed by atoms with E-state index in [1.165, 1.54) is 12.8 Å². The van der Waals surface area contributed by atoms with Crippen molar-refractivity contribution in [1.82, 2.24) is 4.90 Å². The number of unbranched alkanes of at least 4 members (excludes halogenated alkanes) is 3. The Bertz CT molecular complexity index is 281. The van der Waals surface area contributed by atoms with Crippen LogP contribution in [0.4, 0.5) is 0 Å². The Labute approximate surface area is 116 Å². The number of nitrogens with zero attached hydrogens (tertiary/aromatic N) is 1. The van der Waals surface area contributed by atoms with Crippen molar-refractivity contribution in [2.45, 2.75) is 45.1 Å². The van der Waals surface area contributed by atoms with E-state index in [0.717, 1.165) is 32.4 Å². The van der Waals surface area contributed by atoms with Crippen LogP contribution < -0.4 is 0 Å². The number of rotatable bonds is 10. The normalized spacial score (nSPS) is 22.8. The Morgan fingerprint density at radius 2 is 2.16 bits per heavy atom. The van der Waals surface area contributed by atoms with Crippen molar-refractivity contribution in [3.05, 3.63) is 12.7 Å². The highest BCUT2D eigenvalue weighted by Crippen LogP contribution is 2.21. The lowest BCUT2D eigenvalue weighted by atomic mass is 10.0. The minimum Gasteiger partial charge on any atom is -0.481 e. The first kappa shape index (κ1) is 16.2. The summed E-state index contributed by atoms with van der Waals surface area (Å²) in [6.45, 7) is 8.71. The summed E-state index contributed by atoms with van der Waals surface area (Å²) in [5.74, 6) is -1.09. The first-order valence-electron chi connectivity index (χ1n) is 7.36. The van der Waals surface area contributed by atoms with Crippen LogP contribution in [0.1, 0.15) is 39.0 Å². The van der Waals surface area contributed by atoms with Gasteiger partial charge in [0.25, 0.3) is 0 Å². The highest BCUT2D eigenvalue weighted by molar-refractivity contribution is 5.71. The molecule has 1 heterocycles. The number of carboxylic acid groups (broad SMARTS) is 1. The molecule has 1 rings (SSSR count). The Balaban J connectivity index is 2.42. The molecule has 0 radical (unpaired) electrons. The monoisotopic (exact) mass is 269 g/mol. The Hall–Kier alpha value is -0.870.